The van der Waals surface area contributed by atoms with Crippen molar-refractivity contribution in [3.63, 3.8) is 0 Å². The molecule has 0 saturated carbocycles. The first-order chi connectivity index (χ1) is 10.5. The molecule has 0 saturated heterocycles. The van der Waals surface area contributed by atoms with Crippen molar-refractivity contribution >= 4 is 11.9 Å². The number of benzene rings is 1. The summed E-state index contributed by atoms with van der Waals surface area (Å²) in [5, 5.41) is 0. The Morgan fingerprint density at radius 3 is 2.73 bits per heavy atom. The number of hydrogen-bond donors (Lipinski definition) is 1. The van der Waals surface area contributed by atoms with Gasteiger partial charge in [0.05, 0.1) is 0 Å². The van der Waals surface area contributed by atoms with E-state index >= 15 is 0 Å². The molecule has 1 aromatic carbocycles. The van der Waals surface area contributed by atoms with E-state index in [1.165, 1.54) is 17.7 Å². The second-order valence-electron chi connectivity index (χ2n) is 6.47. The molecule has 4 nitrogen and oxygen atoms in total. The Bertz CT molecular complexity index is 480. The molecule has 2 N–H and O–H groups in total. The van der Waals surface area contributed by atoms with Crippen molar-refractivity contribution in [3.05, 3.63) is 18.2 Å². The Morgan fingerprint density at radius 2 is 2.00 bits per heavy atom. The highest BCUT2D eigenvalue weighted by molar-refractivity contribution is 7.97. The lowest BCUT2D eigenvalue weighted by atomic mass is 9.87. The Kier molecular flexibility index (Phi) is 6.41. The molecule has 0 unspecified atom stereocenters. The third kappa shape index (κ3) is 5.07. The molecule has 0 bridgehead atoms. The second kappa shape index (κ2) is 8.09. The van der Waals surface area contributed by atoms with Crippen LogP contribution in [0, 0.1) is 5.41 Å². The van der Waals surface area contributed by atoms with Crippen molar-refractivity contribution in [2.75, 3.05) is 26.4 Å². The number of ether oxygens (including phenoxy) is 2. The number of rotatable bonds is 9. The highest BCUT2D eigenvalue weighted by Gasteiger charge is 2.22. The summed E-state index contributed by atoms with van der Waals surface area (Å²) in [5.41, 5.74) is 5.90. The first kappa shape index (κ1) is 17.4. The van der Waals surface area contributed by atoms with Crippen LogP contribution in [-0.2, 0) is 0 Å². The van der Waals surface area contributed by atoms with E-state index in [-0.39, 0.29) is 0 Å². The van der Waals surface area contributed by atoms with Crippen LogP contribution in [0.4, 0.5) is 0 Å². The smallest absolute Gasteiger partial charge is 0.231 e. The van der Waals surface area contributed by atoms with Gasteiger partial charge in [0.2, 0.25) is 6.79 Å². The number of hydrogen-bond acceptors (Lipinski definition) is 5. The lowest BCUT2D eigenvalue weighted by Gasteiger charge is -2.31. The normalized spacial score (nSPS) is 13.9. The minimum atomic E-state index is 0.300. The zero-order valence-electron chi connectivity index (χ0n) is 13.9. The average Bonchev–Trinajstić information content (AvgIpc) is 2.94. The van der Waals surface area contributed by atoms with Crippen molar-refractivity contribution in [1.29, 1.82) is 0 Å². The summed E-state index contributed by atoms with van der Waals surface area (Å²) in [6.07, 6.45) is 3.53. The van der Waals surface area contributed by atoms with E-state index in [0.29, 0.717) is 12.2 Å². The van der Waals surface area contributed by atoms with Gasteiger partial charge in [-0.05, 0) is 54.9 Å². The van der Waals surface area contributed by atoms with Crippen LogP contribution in [0.1, 0.15) is 40.0 Å². The molecule has 0 amide bonds. The second-order valence-corrected chi connectivity index (χ2v) is 7.64. The fourth-order valence-corrected chi connectivity index (χ4v) is 3.73. The van der Waals surface area contributed by atoms with Crippen LogP contribution in [0.15, 0.2) is 23.1 Å². The summed E-state index contributed by atoms with van der Waals surface area (Å²) in [7, 11) is 0. The summed E-state index contributed by atoms with van der Waals surface area (Å²) in [6.45, 7) is 10.1. The molecule has 1 aliphatic heterocycles. The van der Waals surface area contributed by atoms with Gasteiger partial charge in [-0.3, -0.25) is 0 Å². The molecule has 22 heavy (non-hydrogen) atoms. The van der Waals surface area contributed by atoms with Crippen LogP contribution >= 0.6 is 11.9 Å². The van der Waals surface area contributed by atoms with E-state index < -0.39 is 0 Å². The van der Waals surface area contributed by atoms with Gasteiger partial charge in [-0.25, -0.2) is 4.31 Å². The van der Waals surface area contributed by atoms with Gasteiger partial charge in [0.1, 0.15) is 0 Å². The molecule has 1 heterocycles. The van der Waals surface area contributed by atoms with Crippen molar-refractivity contribution < 1.29 is 9.47 Å². The van der Waals surface area contributed by atoms with Crippen molar-refractivity contribution in [2.24, 2.45) is 11.1 Å². The summed E-state index contributed by atoms with van der Waals surface area (Å²) < 4.78 is 13.2. The highest BCUT2D eigenvalue weighted by atomic mass is 32.2. The molecule has 1 aromatic rings. The molecular weight excluding hydrogens is 296 g/mol. The largest absolute Gasteiger partial charge is 0.454 e. The number of fused-ring (bicyclic) bond motifs is 1. The maximum Gasteiger partial charge on any atom is 0.231 e. The molecule has 0 radical (unpaired) electrons. The minimum Gasteiger partial charge on any atom is -0.454 e. The molecule has 5 heteroatoms. The fraction of sp³-hybridized carbons (Fsp3) is 0.647. The molecule has 2 rings (SSSR count). The number of unbranched alkanes of at least 4 members (excludes halogenated alkanes) is 1. The number of nitrogens with zero attached hydrogens (tertiary/aromatic N) is 1. The Labute approximate surface area is 138 Å². The van der Waals surface area contributed by atoms with E-state index in [2.05, 4.69) is 37.2 Å². The fourth-order valence-electron chi connectivity index (χ4n) is 2.60. The first-order valence-corrected chi connectivity index (χ1v) is 8.84. The zero-order valence-corrected chi connectivity index (χ0v) is 14.7. The van der Waals surface area contributed by atoms with Gasteiger partial charge in [-0.2, -0.15) is 0 Å². The molecule has 1 aliphatic rings. The predicted octanol–water partition coefficient (Wildman–Crippen LogP) is 3.90. The van der Waals surface area contributed by atoms with Gasteiger partial charge >= 0.3 is 0 Å². The Morgan fingerprint density at radius 1 is 1.23 bits per heavy atom. The van der Waals surface area contributed by atoms with Crippen LogP contribution in [-0.4, -0.2) is 30.7 Å². The maximum atomic E-state index is 5.60. The monoisotopic (exact) mass is 324 g/mol. The Hall–Kier alpha value is -0.910. The molecular formula is C17H28N2O2S. The predicted molar refractivity (Wildman–Crippen MR) is 92.4 cm³/mol. The first-order valence-electron chi connectivity index (χ1n) is 8.07. The van der Waals surface area contributed by atoms with Crippen molar-refractivity contribution in [1.82, 2.24) is 4.31 Å². The van der Waals surface area contributed by atoms with Crippen LogP contribution in [0.3, 0.4) is 0 Å². The van der Waals surface area contributed by atoms with E-state index in [1.807, 2.05) is 6.07 Å². The van der Waals surface area contributed by atoms with Gasteiger partial charge in [-0.15, -0.1) is 0 Å². The van der Waals surface area contributed by atoms with E-state index in [9.17, 15) is 0 Å². The average molecular weight is 324 g/mol. The lowest BCUT2D eigenvalue weighted by molar-refractivity contribution is 0.174. The molecule has 0 aromatic heterocycles. The molecule has 124 valence electrons. The van der Waals surface area contributed by atoms with Gasteiger partial charge in [0.15, 0.2) is 11.5 Å². The standard InChI is InChI=1S/C17H28N2O2S/c1-4-19(12-17(2,3)9-5-6-10-18)22-14-7-8-15-16(11-14)21-13-20-15/h7-8,11H,4-6,9-10,12-13,18H2,1-3H3. The van der Waals surface area contributed by atoms with Crippen LogP contribution in [0.25, 0.3) is 0 Å². The van der Waals surface area contributed by atoms with E-state index in [0.717, 1.165) is 37.6 Å². The lowest BCUT2D eigenvalue weighted by Crippen LogP contribution is -2.29. The van der Waals surface area contributed by atoms with E-state index in [4.69, 9.17) is 15.2 Å². The molecule has 0 aliphatic carbocycles. The summed E-state index contributed by atoms with van der Waals surface area (Å²) >= 11 is 1.79. The topological polar surface area (TPSA) is 47.7 Å². The van der Waals surface area contributed by atoms with Crippen LogP contribution in [0.5, 0.6) is 11.5 Å². The molecule has 0 spiro atoms. The van der Waals surface area contributed by atoms with Gasteiger partial charge in [0, 0.05) is 18.0 Å². The van der Waals surface area contributed by atoms with Gasteiger partial charge in [0.25, 0.3) is 0 Å². The zero-order chi connectivity index (χ0) is 16.0. The summed E-state index contributed by atoms with van der Waals surface area (Å²) in [4.78, 5) is 1.20. The van der Waals surface area contributed by atoms with E-state index in [1.54, 1.807) is 11.9 Å². The quantitative estimate of drug-likeness (QED) is 0.551. The summed E-state index contributed by atoms with van der Waals surface area (Å²) in [5.74, 6) is 1.69. The minimum absolute atomic E-state index is 0.300. The molecule has 0 fully saturated rings. The molecule has 0 atom stereocenters. The van der Waals surface area contributed by atoms with Gasteiger partial charge in [-0.1, -0.05) is 27.2 Å². The van der Waals surface area contributed by atoms with Crippen molar-refractivity contribution in [2.45, 2.75) is 44.9 Å². The SMILES string of the molecule is CCN(CC(C)(C)CCCCN)Sc1ccc2c(c1)OCO2. The van der Waals surface area contributed by atoms with Crippen molar-refractivity contribution in [3.8, 4) is 11.5 Å². The third-order valence-electron chi connectivity index (χ3n) is 3.84. The summed E-state index contributed by atoms with van der Waals surface area (Å²) in [6, 6.07) is 6.16. The number of nitrogens with two attached hydrogens (primary N) is 1. The third-order valence-corrected chi connectivity index (χ3v) is 4.95. The Balaban J connectivity index is 1.91. The van der Waals surface area contributed by atoms with Crippen LogP contribution in [0.2, 0.25) is 0 Å². The van der Waals surface area contributed by atoms with Crippen LogP contribution < -0.4 is 15.2 Å². The highest BCUT2D eigenvalue weighted by Crippen LogP contribution is 2.37. The van der Waals surface area contributed by atoms with Gasteiger partial charge < -0.3 is 15.2 Å². The maximum absolute atomic E-state index is 5.60.